The molecule has 5 nitrogen and oxygen atoms in total. The second-order valence-electron chi connectivity index (χ2n) is 7.14. The van der Waals surface area contributed by atoms with Crippen LogP contribution < -0.4 is 5.32 Å². The van der Waals surface area contributed by atoms with Crippen LogP contribution in [0.2, 0.25) is 0 Å². The molecule has 2 aromatic carbocycles. The number of hydrogen-bond donors (Lipinski definition) is 2. The first kappa shape index (κ1) is 19.9. The van der Waals surface area contributed by atoms with Crippen LogP contribution in [0.15, 0.2) is 51.8 Å². The minimum Gasteiger partial charge on any atom is -0.507 e. The summed E-state index contributed by atoms with van der Waals surface area (Å²) >= 11 is 3.06. The molecule has 1 aromatic heterocycles. The maximum absolute atomic E-state index is 12.2. The van der Waals surface area contributed by atoms with E-state index in [0.717, 1.165) is 33.1 Å². The van der Waals surface area contributed by atoms with Crippen LogP contribution in [0.5, 0.6) is 5.75 Å². The standard InChI is InChI=1S/C22H23N3O2S2/c26-19-9-5-4-6-15(19)13-23-17-10-11-18-20(12-17)29-22(25-18)28-14-21(27)24-16-7-2-1-3-8-16/h4-6,9-13,16,26H,1-3,7-8,14H2,(H,24,27). The summed E-state index contributed by atoms with van der Waals surface area (Å²) in [5, 5.41) is 13.0. The Hall–Kier alpha value is -2.38. The number of rotatable bonds is 6. The van der Waals surface area contributed by atoms with Gasteiger partial charge in [0.2, 0.25) is 5.91 Å². The average Bonchev–Trinajstić information content (AvgIpc) is 3.15. The summed E-state index contributed by atoms with van der Waals surface area (Å²) in [4.78, 5) is 21.3. The summed E-state index contributed by atoms with van der Waals surface area (Å²) in [7, 11) is 0. The zero-order chi connectivity index (χ0) is 20.1. The molecule has 0 spiro atoms. The molecular weight excluding hydrogens is 402 g/mol. The molecule has 0 unspecified atom stereocenters. The number of para-hydroxylation sites is 1. The van der Waals surface area contributed by atoms with Crippen LogP contribution in [0.4, 0.5) is 5.69 Å². The smallest absolute Gasteiger partial charge is 0.230 e. The normalized spacial score (nSPS) is 15.2. The second kappa shape index (κ2) is 9.41. The third-order valence-electron chi connectivity index (χ3n) is 4.94. The van der Waals surface area contributed by atoms with Crippen LogP contribution in [-0.2, 0) is 4.79 Å². The van der Waals surface area contributed by atoms with Crippen LogP contribution in [0, 0.1) is 0 Å². The van der Waals surface area contributed by atoms with Gasteiger partial charge in [-0.1, -0.05) is 43.2 Å². The molecule has 1 heterocycles. The van der Waals surface area contributed by atoms with Gasteiger partial charge in [0.1, 0.15) is 5.75 Å². The van der Waals surface area contributed by atoms with E-state index in [1.54, 1.807) is 29.7 Å². The van der Waals surface area contributed by atoms with E-state index in [1.165, 1.54) is 31.0 Å². The van der Waals surface area contributed by atoms with E-state index in [1.807, 2.05) is 30.3 Å². The number of aromatic nitrogens is 1. The summed E-state index contributed by atoms with van der Waals surface area (Å²) in [6.45, 7) is 0. The Morgan fingerprint density at radius 3 is 2.90 bits per heavy atom. The zero-order valence-electron chi connectivity index (χ0n) is 16.0. The molecule has 150 valence electrons. The number of thioether (sulfide) groups is 1. The molecule has 3 aromatic rings. The van der Waals surface area contributed by atoms with Gasteiger partial charge in [0.05, 0.1) is 21.7 Å². The van der Waals surface area contributed by atoms with Gasteiger partial charge in [-0.3, -0.25) is 9.79 Å². The largest absolute Gasteiger partial charge is 0.507 e. The molecule has 1 amide bonds. The van der Waals surface area contributed by atoms with Gasteiger partial charge < -0.3 is 10.4 Å². The Morgan fingerprint density at radius 1 is 1.24 bits per heavy atom. The topological polar surface area (TPSA) is 74.6 Å². The number of carbonyl (C=O) groups excluding carboxylic acids is 1. The maximum atomic E-state index is 12.2. The lowest BCUT2D eigenvalue weighted by Gasteiger charge is -2.22. The van der Waals surface area contributed by atoms with Crippen LogP contribution in [0.25, 0.3) is 10.2 Å². The molecule has 1 saturated carbocycles. The SMILES string of the molecule is O=C(CSc1nc2ccc(N=Cc3ccccc3O)cc2s1)NC1CCCCC1. The van der Waals surface area contributed by atoms with Crippen LogP contribution in [0.1, 0.15) is 37.7 Å². The molecule has 2 N–H and O–H groups in total. The number of nitrogens with one attached hydrogen (secondary N) is 1. The van der Waals surface area contributed by atoms with Crippen molar-refractivity contribution in [1.82, 2.24) is 10.3 Å². The van der Waals surface area contributed by atoms with Crippen molar-refractivity contribution in [2.45, 2.75) is 42.5 Å². The summed E-state index contributed by atoms with van der Waals surface area (Å²) in [6.07, 6.45) is 7.56. The Morgan fingerprint density at radius 2 is 2.07 bits per heavy atom. The monoisotopic (exact) mass is 425 g/mol. The quantitative estimate of drug-likeness (QED) is 0.415. The Balaban J connectivity index is 1.38. The fourth-order valence-corrected chi connectivity index (χ4v) is 5.33. The zero-order valence-corrected chi connectivity index (χ0v) is 17.6. The summed E-state index contributed by atoms with van der Waals surface area (Å²) in [6, 6.07) is 13.3. The van der Waals surface area contributed by atoms with E-state index >= 15 is 0 Å². The fraction of sp³-hybridized carbons (Fsp3) is 0.318. The number of phenols is 1. The van der Waals surface area contributed by atoms with Crippen molar-refractivity contribution in [3.8, 4) is 5.75 Å². The second-order valence-corrected chi connectivity index (χ2v) is 9.39. The number of fused-ring (bicyclic) bond motifs is 1. The molecule has 1 fully saturated rings. The van der Waals surface area contributed by atoms with Crippen LogP contribution in [0.3, 0.4) is 0 Å². The Bertz CT molecular complexity index is 1030. The molecule has 0 bridgehead atoms. The van der Waals surface area contributed by atoms with E-state index in [4.69, 9.17) is 0 Å². The number of hydrogen-bond acceptors (Lipinski definition) is 6. The highest BCUT2D eigenvalue weighted by Gasteiger charge is 2.16. The first-order valence-corrected chi connectivity index (χ1v) is 11.6. The molecule has 29 heavy (non-hydrogen) atoms. The van der Waals surface area contributed by atoms with E-state index in [2.05, 4.69) is 15.3 Å². The number of aromatic hydroxyl groups is 1. The number of thiazole rings is 1. The van der Waals surface area contributed by atoms with Gasteiger partial charge in [-0.15, -0.1) is 11.3 Å². The molecule has 1 aliphatic carbocycles. The highest BCUT2D eigenvalue weighted by Crippen LogP contribution is 2.32. The number of phenolic OH excluding ortho intramolecular Hbond substituents is 1. The maximum Gasteiger partial charge on any atom is 0.230 e. The molecule has 0 radical (unpaired) electrons. The summed E-state index contributed by atoms with van der Waals surface area (Å²) in [5.41, 5.74) is 2.39. The lowest BCUT2D eigenvalue weighted by atomic mass is 9.95. The number of nitrogens with zero attached hydrogens (tertiary/aromatic N) is 2. The minimum atomic E-state index is 0.0918. The molecule has 4 rings (SSSR count). The Kier molecular flexibility index (Phi) is 6.46. The highest BCUT2D eigenvalue weighted by molar-refractivity contribution is 8.01. The van der Waals surface area contributed by atoms with Crippen LogP contribution in [-0.4, -0.2) is 34.0 Å². The predicted molar refractivity (Wildman–Crippen MR) is 121 cm³/mol. The first-order valence-electron chi connectivity index (χ1n) is 9.82. The molecule has 1 aliphatic rings. The van der Waals surface area contributed by atoms with Gasteiger partial charge >= 0.3 is 0 Å². The molecule has 0 atom stereocenters. The van der Waals surface area contributed by atoms with Gasteiger partial charge in [-0.25, -0.2) is 4.98 Å². The number of carbonyl (C=O) groups is 1. The predicted octanol–water partition coefficient (Wildman–Crippen LogP) is 5.29. The first-order chi connectivity index (χ1) is 14.2. The van der Waals surface area contributed by atoms with Gasteiger partial charge in [-0.05, 0) is 43.2 Å². The molecule has 7 heteroatoms. The van der Waals surface area contributed by atoms with E-state index in [9.17, 15) is 9.90 Å². The number of aliphatic imine (C=N–C) groups is 1. The van der Waals surface area contributed by atoms with Crippen molar-refractivity contribution in [1.29, 1.82) is 0 Å². The van der Waals surface area contributed by atoms with E-state index < -0.39 is 0 Å². The third-order valence-corrected chi connectivity index (χ3v) is 7.10. The van der Waals surface area contributed by atoms with Gasteiger partial charge in [-0.2, -0.15) is 0 Å². The van der Waals surface area contributed by atoms with Crippen molar-refractivity contribution in [3.05, 3.63) is 48.0 Å². The number of benzene rings is 2. The van der Waals surface area contributed by atoms with Crippen molar-refractivity contribution < 1.29 is 9.90 Å². The fourth-order valence-electron chi connectivity index (χ4n) is 3.42. The van der Waals surface area contributed by atoms with Crippen molar-refractivity contribution in [2.24, 2.45) is 4.99 Å². The van der Waals surface area contributed by atoms with Crippen LogP contribution >= 0.6 is 23.1 Å². The summed E-state index contributed by atoms with van der Waals surface area (Å²) in [5.74, 6) is 0.698. The average molecular weight is 426 g/mol. The number of amides is 1. The minimum absolute atomic E-state index is 0.0918. The van der Waals surface area contributed by atoms with E-state index in [0.29, 0.717) is 17.4 Å². The van der Waals surface area contributed by atoms with Gasteiger partial charge in [0, 0.05) is 17.8 Å². The van der Waals surface area contributed by atoms with Crippen molar-refractivity contribution >= 4 is 51.1 Å². The third kappa shape index (κ3) is 5.36. The molecular formula is C22H23N3O2S2. The van der Waals surface area contributed by atoms with Crippen molar-refractivity contribution in [3.63, 3.8) is 0 Å². The molecule has 0 saturated heterocycles. The summed E-state index contributed by atoms with van der Waals surface area (Å²) < 4.78 is 1.92. The lowest BCUT2D eigenvalue weighted by molar-refractivity contribution is -0.119. The lowest BCUT2D eigenvalue weighted by Crippen LogP contribution is -2.37. The van der Waals surface area contributed by atoms with Crippen molar-refractivity contribution in [2.75, 3.05) is 5.75 Å². The highest BCUT2D eigenvalue weighted by atomic mass is 32.2. The Labute approximate surface area is 178 Å². The molecule has 0 aliphatic heterocycles. The van der Waals surface area contributed by atoms with Gasteiger partial charge in [0.25, 0.3) is 0 Å². The van der Waals surface area contributed by atoms with Gasteiger partial charge in [0.15, 0.2) is 4.34 Å². The van der Waals surface area contributed by atoms with E-state index in [-0.39, 0.29) is 11.7 Å².